The summed E-state index contributed by atoms with van der Waals surface area (Å²) < 4.78 is 6.98. The molecule has 1 N–H and O–H groups in total. The van der Waals surface area contributed by atoms with Crippen LogP contribution in [0.15, 0.2) is 53.3 Å². The van der Waals surface area contributed by atoms with Gasteiger partial charge in [-0.2, -0.15) is 5.10 Å². The SMILES string of the molecule is Cn1cc(C(=O)NCc2cccc(CN3CCCC3=O)c2)c(-c2ccco2)n1. The van der Waals surface area contributed by atoms with Gasteiger partial charge in [0.2, 0.25) is 5.91 Å². The quantitative estimate of drug-likeness (QED) is 0.715. The molecule has 0 unspecified atom stereocenters. The fourth-order valence-corrected chi connectivity index (χ4v) is 3.46. The number of nitrogens with one attached hydrogen (secondary N) is 1. The van der Waals surface area contributed by atoms with Crippen LogP contribution in [-0.4, -0.2) is 33.0 Å². The molecule has 2 amide bonds. The van der Waals surface area contributed by atoms with Crippen molar-refractivity contribution < 1.29 is 14.0 Å². The predicted molar refractivity (Wildman–Crippen MR) is 103 cm³/mol. The van der Waals surface area contributed by atoms with Gasteiger partial charge in [-0.25, -0.2) is 0 Å². The van der Waals surface area contributed by atoms with E-state index in [4.69, 9.17) is 4.42 Å². The third-order valence-electron chi connectivity index (χ3n) is 4.82. The smallest absolute Gasteiger partial charge is 0.255 e. The molecule has 1 fully saturated rings. The first-order valence-electron chi connectivity index (χ1n) is 9.31. The van der Waals surface area contributed by atoms with Gasteiger partial charge in [-0.3, -0.25) is 14.3 Å². The van der Waals surface area contributed by atoms with Gasteiger partial charge in [-0.05, 0) is 29.7 Å². The molecule has 1 aromatic carbocycles. The van der Waals surface area contributed by atoms with Gasteiger partial charge >= 0.3 is 0 Å². The molecule has 4 rings (SSSR count). The topological polar surface area (TPSA) is 80.4 Å². The Morgan fingerprint density at radius 2 is 2.11 bits per heavy atom. The van der Waals surface area contributed by atoms with Crippen LogP contribution < -0.4 is 5.32 Å². The van der Waals surface area contributed by atoms with Crippen LogP contribution in [0.25, 0.3) is 11.5 Å². The summed E-state index contributed by atoms with van der Waals surface area (Å²) in [4.78, 5) is 26.4. The number of aromatic nitrogens is 2. The predicted octanol–water partition coefficient (Wildman–Crippen LogP) is 2.73. The third-order valence-corrected chi connectivity index (χ3v) is 4.82. The lowest BCUT2D eigenvalue weighted by Gasteiger charge is -2.16. The van der Waals surface area contributed by atoms with Crippen LogP contribution in [0.2, 0.25) is 0 Å². The van der Waals surface area contributed by atoms with Crippen molar-refractivity contribution in [3.8, 4) is 11.5 Å². The lowest BCUT2D eigenvalue weighted by molar-refractivity contribution is -0.128. The van der Waals surface area contributed by atoms with Crippen molar-refractivity contribution >= 4 is 11.8 Å². The van der Waals surface area contributed by atoms with Gasteiger partial charge in [0.15, 0.2) is 5.76 Å². The molecule has 1 aliphatic rings. The van der Waals surface area contributed by atoms with E-state index in [1.54, 1.807) is 36.3 Å². The van der Waals surface area contributed by atoms with Crippen LogP contribution in [0.4, 0.5) is 0 Å². The van der Waals surface area contributed by atoms with Gasteiger partial charge in [0.1, 0.15) is 5.69 Å². The Hall–Kier alpha value is -3.35. The number of aryl methyl sites for hydroxylation is 1. The highest BCUT2D eigenvalue weighted by Gasteiger charge is 2.21. The maximum absolute atomic E-state index is 12.7. The number of benzene rings is 1. The summed E-state index contributed by atoms with van der Waals surface area (Å²) in [5.41, 5.74) is 3.04. The highest BCUT2D eigenvalue weighted by Crippen LogP contribution is 2.22. The number of carbonyl (C=O) groups is 2. The van der Waals surface area contributed by atoms with Crippen LogP contribution in [-0.2, 0) is 24.9 Å². The van der Waals surface area contributed by atoms with Crippen LogP contribution in [0.1, 0.15) is 34.3 Å². The Morgan fingerprint density at radius 1 is 1.25 bits per heavy atom. The molecular formula is C21H22N4O3. The summed E-state index contributed by atoms with van der Waals surface area (Å²) in [7, 11) is 1.77. The molecule has 3 heterocycles. The van der Waals surface area contributed by atoms with Gasteiger partial charge in [-0.1, -0.05) is 24.3 Å². The number of rotatable bonds is 6. The largest absolute Gasteiger partial charge is 0.463 e. The Bertz CT molecular complexity index is 991. The van der Waals surface area contributed by atoms with Crippen LogP contribution in [0.5, 0.6) is 0 Å². The molecule has 1 saturated heterocycles. The number of likely N-dealkylation sites (tertiary alicyclic amines) is 1. The lowest BCUT2D eigenvalue weighted by Crippen LogP contribution is -2.24. The highest BCUT2D eigenvalue weighted by atomic mass is 16.3. The monoisotopic (exact) mass is 378 g/mol. The molecule has 7 heteroatoms. The van der Waals surface area contributed by atoms with Crippen molar-refractivity contribution in [3.05, 3.63) is 65.5 Å². The first-order valence-corrected chi connectivity index (χ1v) is 9.31. The minimum Gasteiger partial charge on any atom is -0.463 e. The number of amides is 2. The average molecular weight is 378 g/mol. The standard InChI is InChI=1S/C21H22N4O3/c1-24-14-17(20(23-24)18-7-4-10-28-18)21(27)22-12-15-5-2-6-16(11-15)13-25-9-3-8-19(25)26/h2,4-7,10-11,14H,3,8-9,12-13H2,1H3,(H,22,27). The zero-order chi connectivity index (χ0) is 19.5. The van der Waals surface area contributed by atoms with Gasteiger partial charge in [-0.15, -0.1) is 0 Å². The van der Waals surface area contributed by atoms with Crippen LogP contribution in [0.3, 0.4) is 0 Å². The van der Waals surface area contributed by atoms with E-state index in [1.807, 2.05) is 29.2 Å². The van der Waals surface area contributed by atoms with E-state index in [0.29, 0.717) is 36.5 Å². The summed E-state index contributed by atoms with van der Waals surface area (Å²) in [5.74, 6) is 0.559. The Labute approximate surface area is 162 Å². The summed E-state index contributed by atoms with van der Waals surface area (Å²) in [6, 6.07) is 11.5. The number of furan rings is 1. The van der Waals surface area contributed by atoms with E-state index in [9.17, 15) is 9.59 Å². The molecule has 3 aromatic rings. The van der Waals surface area contributed by atoms with E-state index in [2.05, 4.69) is 10.4 Å². The van der Waals surface area contributed by atoms with E-state index in [1.165, 1.54) is 0 Å². The van der Waals surface area contributed by atoms with Crippen molar-refractivity contribution in [3.63, 3.8) is 0 Å². The van der Waals surface area contributed by atoms with E-state index >= 15 is 0 Å². The average Bonchev–Trinajstić information content (AvgIpc) is 3.42. The lowest BCUT2D eigenvalue weighted by atomic mass is 10.1. The van der Waals surface area contributed by atoms with Gasteiger partial charge in [0.25, 0.3) is 5.91 Å². The Kier molecular flexibility index (Phi) is 4.97. The van der Waals surface area contributed by atoms with E-state index < -0.39 is 0 Å². The minimum absolute atomic E-state index is 0.209. The van der Waals surface area contributed by atoms with Crippen molar-refractivity contribution in [1.82, 2.24) is 20.0 Å². The summed E-state index contributed by atoms with van der Waals surface area (Å²) >= 11 is 0. The second-order valence-electron chi connectivity index (χ2n) is 6.96. The molecule has 0 spiro atoms. The molecule has 7 nitrogen and oxygen atoms in total. The highest BCUT2D eigenvalue weighted by molar-refractivity contribution is 5.99. The van der Waals surface area contributed by atoms with Crippen LogP contribution >= 0.6 is 0 Å². The fraction of sp³-hybridized carbons (Fsp3) is 0.286. The van der Waals surface area contributed by atoms with Gasteiger partial charge in [0, 0.05) is 39.3 Å². The minimum atomic E-state index is -0.209. The molecule has 1 aliphatic heterocycles. The van der Waals surface area contributed by atoms with E-state index in [0.717, 1.165) is 24.1 Å². The van der Waals surface area contributed by atoms with Crippen molar-refractivity contribution in [2.24, 2.45) is 7.05 Å². The van der Waals surface area contributed by atoms with Gasteiger partial charge < -0.3 is 14.6 Å². The number of hydrogen-bond donors (Lipinski definition) is 1. The molecule has 0 bridgehead atoms. The second kappa shape index (κ2) is 7.72. The molecule has 28 heavy (non-hydrogen) atoms. The Balaban J connectivity index is 1.43. The zero-order valence-electron chi connectivity index (χ0n) is 15.7. The second-order valence-corrected chi connectivity index (χ2v) is 6.96. The molecule has 0 atom stereocenters. The number of carbonyl (C=O) groups excluding carboxylic acids is 2. The molecule has 2 aromatic heterocycles. The Morgan fingerprint density at radius 3 is 2.86 bits per heavy atom. The molecular weight excluding hydrogens is 356 g/mol. The fourth-order valence-electron chi connectivity index (χ4n) is 3.46. The normalized spacial score (nSPS) is 13.9. The maximum atomic E-state index is 12.7. The number of hydrogen-bond acceptors (Lipinski definition) is 4. The van der Waals surface area contributed by atoms with Crippen LogP contribution in [0, 0.1) is 0 Å². The first kappa shape index (κ1) is 18.0. The number of nitrogens with zero attached hydrogens (tertiary/aromatic N) is 3. The van der Waals surface area contributed by atoms with Crippen molar-refractivity contribution in [2.45, 2.75) is 25.9 Å². The van der Waals surface area contributed by atoms with E-state index in [-0.39, 0.29) is 11.8 Å². The maximum Gasteiger partial charge on any atom is 0.255 e. The summed E-state index contributed by atoms with van der Waals surface area (Å²) in [6.07, 6.45) is 4.81. The first-order chi connectivity index (χ1) is 13.6. The molecule has 0 saturated carbocycles. The van der Waals surface area contributed by atoms with Crippen molar-refractivity contribution in [1.29, 1.82) is 0 Å². The third kappa shape index (κ3) is 3.83. The molecule has 0 aliphatic carbocycles. The summed E-state index contributed by atoms with van der Waals surface area (Å²) in [6.45, 7) is 1.83. The molecule has 0 radical (unpaired) electrons. The zero-order valence-corrected chi connectivity index (χ0v) is 15.7. The van der Waals surface area contributed by atoms with Crippen molar-refractivity contribution in [2.75, 3.05) is 6.54 Å². The van der Waals surface area contributed by atoms with Gasteiger partial charge in [0.05, 0.1) is 11.8 Å². The molecule has 144 valence electrons. The summed E-state index contributed by atoms with van der Waals surface area (Å²) in [5, 5.41) is 7.28.